The standard InChI is InChI=1S/C24H32N2O6S/c1-3-4-5-9-21(27)19-12-10-16(15-26-19)24-18(20(25-2)14-22(24)28)8-6-7-17-11-13-23(32-17)33(29,30)31/h10-13,15,18,20-22,24,27-28H,3-9,14H2,1H3,(H,29,30,31)/t18?,20-,21?,22-,24?/m1/s1. The first kappa shape index (κ1) is 25.4. The molecule has 180 valence electrons. The molecule has 0 bridgehead atoms. The van der Waals surface area contributed by atoms with Gasteiger partial charge in [-0.2, -0.15) is 8.42 Å². The summed E-state index contributed by atoms with van der Waals surface area (Å²) in [5, 5.41) is 20.6. The quantitative estimate of drug-likeness (QED) is 0.251. The summed E-state index contributed by atoms with van der Waals surface area (Å²) in [6.07, 6.45) is 6.36. The third kappa shape index (κ3) is 6.42. The molecule has 9 heteroatoms. The van der Waals surface area contributed by atoms with Crippen LogP contribution in [-0.4, -0.2) is 40.3 Å². The number of furan rings is 1. The predicted octanol–water partition coefficient (Wildman–Crippen LogP) is 4.31. The third-order valence-corrected chi connectivity index (χ3v) is 7.22. The molecule has 0 saturated heterocycles. The zero-order valence-corrected chi connectivity index (χ0v) is 19.6. The number of aryl methyl sites for hydroxylation is 1. The average Bonchev–Trinajstić information content (AvgIpc) is 3.38. The second-order valence-electron chi connectivity index (χ2n) is 8.81. The van der Waals surface area contributed by atoms with Gasteiger partial charge in [0.05, 0.1) is 17.9 Å². The van der Waals surface area contributed by atoms with Gasteiger partial charge in [0, 0.05) is 30.9 Å². The molecule has 1 aliphatic carbocycles. The minimum absolute atomic E-state index is 0.0735. The van der Waals surface area contributed by atoms with Gasteiger partial charge >= 0.3 is 10.1 Å². The lowest BCUT2D eigenvalue weighted by molar-refractivity contribution is 0.152. The Morgan fingerprint density at radius 1 is 1.24 bits per heavy atom. The van der Waals surface area contributed by atoms with Gasteiger partial charge in [-0.3, -0.25) is 9.54 Å². The van der Waals surface area contributed by atoms with Crippen LogP contribution in [0.15, 0.2) is 40.0 Å². The molecule has 33 heavy (non-hydrogen) atoms. The predicted molar refractivity (Wildman–Crippen MR) is 122 cm³/mol. The minimum atomic E-state index is -4.37. The molecule has 2 aromatic heterocycles. The Hall–Kier alpha value is -2.25. The maximum atomic E-state index is 11.2. The lowest BCUT2D eigenvalue weighted by atomic mass is 9.83. The van der Waals surface area contributed by atoms with Gasteiger partial charge in [0.25, 0.3) is 0 Å². The molecule has 0 spiro atoms. The van der Waals surface area contributed by atoms with E-state index in [4.69, 9.17) is 15.5 Å². The van der Waals surface area contributed by atoms with Crippen molar-refractivity contribution in [1.82, 2.24) is 4.98 Å². The van der Waals surface area contributed by atoms with Gasteiger partial charge in [0.2, 0.25) is 11.1 Å². The molecular weight excluding hydrogens is 444 g/mol. The van der Waals surface area contributed by atoms with E-state index in [1.165, 1.54) is 12.1 Å². The highest BCUT2D eigenvalue weighted by atomic mass is 32.2. The third-order valence-electron chi connectivity index (χ3n) is 6.49. The van der Waals surface area contributed by atoms with E-state index in [1.807, 2.05) is 6.07 Å². The van der Waals surface area contributed by atoms with Crippen LogP contribution in [-0.2, 0) is 16.5 Å². The van der Waals surface area contributed by atoms with Gasteiger partial charge in [-0.25, -0.2) is 6.57 Å². The lowest BCUT2D eigenvalue weighted by Crippen LogP contribution is -2.20. The molecule has 0 aliphatic heterocycles. The molecule has 1 saturated carbocycles. The Morgan fingerprint density at radius 2 is 2.03 bits per heavy atom. The summed E-state index contributed by atoms with van der Waals surface area (Å²) in [6.45, 7) is 9.68. The number of hydrogen-bond donors (Lipinski definition) is 3. The van der Waals surface area contributed by atoms with E-state index >= 15 is 0 Å². The Labute approximate surface area is 195 Å². The molecule has 0 amide bonds. The first-order valence-electron chi connectivity index (χ1n) is 11.5. The van der Waals surface area contributed by atoms with Crippen molar-refractivity contribution in [2.75, 3.05) is 0 Å². The number of nitrogens with zero attached hydrogens (tertiary/aromatic N) is 2. The van der Waals surface area contributed by atoms with Crippen LogP contribution < -0.4 is 0 Å². The number of pyridine rings is 1. The highest BCUT2D eigenvalue weighted by molar-refractivity contribution is 7.85. The first-order chi connectivity index (χ1) is 15.7. The fourth-order valence-corrected chi connectivity index (χ4v) is 5.23. The van der Waals surface area contributed by atoms with Crippen molar-refractivity contribution >= 4 is 10.1 Å². The van der Waals surface area contributed by atoms with Crippen molar-refractivity contribution in [2.24, 2.45) is 5.92 Å². The topological polar surface area (TPSA) is 125 Å². The fourth-order valence-electron chi connectivity index (χ4n) is 4.77. The van der Waals surface area contributed by atoms with E-state index in [0.717, 1.165) is 24.8 Å². The van der Waals surface area contributed by atoms with Gasteiger partial charge in [-0.1, -0.05) is 32.3 Å². The molecule has 3 unspecified atom stereocenters. The van der Waals surface area contributed by atoms with Crippen molar-refractivity contribution in [2.45, 2.75) is 87.6 Å². The number of aliphatic hydroxyl groups excluding tert-OH is 2. The highest BCUT2D eigenvalue weighted by Crippen LogP contribution is 2.44. The molecule has 8 nitrogen and oxygen atoms in total. The van der Waals surface area contributed by atoms with E-state index in [0.29, 0.717) is 43.6 Å². The van der Waals surface area contributed by atoms with Crippen molar-refractivity contribution in [3.8, 4) is 0 Å². The summed E-state index contributed by atoms with van der Waals surface area (Å²) in [5.41, 5.74) is 1.47. The largest absolute Gasteiger partial charge is 0.447 e. The van der Waals surface area contributed by atoms with E-state index in [2.05, 4.69) is 16.8 Å². The lowest BCUT2D eigenvalue weighted by Gasteiger charge is -2.22. The Kier molecular flexibility index (Phi) is 8.65. The van der Waals surface area contributed by atoms with E-state index < -0.39 is 27.4 Å². The van der Waals surface area contributed by atoms with Gasteiger partial charge in [-0.15, -0.1) is 0 Å². The highest BCUT2D eigenvalue weighted by Gasteiger charge is 2.47. The Bertz CT molecular complexity index is 1040. The molecule has 3 rings (SSSR count). The van der Waals surface area contributed by atoms with Crippen molar-refractivity contribution in [1.29, 1.82) is 0 Å². The van der Waals surface area contributed by atoms with Gasteiger partial charge in [0.1, 0.15) is 5.76 Å². The van der Waals surface area contributed by atoms with Crippen LogP contribution in [0.1, 0.15) is 80.9 Å². The maximum absolute atomic E-state index is 11.2. The number of unbranched alkanes of at least 4 members (excludes halogenated alkanes) is 2. The van der Waals surface area contributed by atoms with E-state index in [-0.39, 0.29) is 17.9 Å². The zero-order valence-electron chi connectivity index (χ0n) is 18.8. The second kappa shape index (κ2) is 11.3. The maximum Gasteiger partial charge on any atom is 0.328 e. The van der Waals surface area contributed by atoms with Crippen molar-refractivity contribution < 1.29 is 27.6 Å². The molecular formula is C24H32N2O6S. The normalized spacial score (nSPS) is 24.0. The Morgan fingerprint density at radius 3 is 2.64 bits per heavy atom. The summed E-state index contributed by atoms with van der Waals surface area (Å²) in [5.74, 6) is 0.142. The van der Waals surface area contributed by atoms with Crippen molar-refractivity contribution in [3.05, 3.63) is 58.9 Å². The molecule has 1 aliphatic rings. The molecule has 5 atom stereocenters. The van der Waals surface area contributed by atoms with E-state index in [1.54, 1.807) is 12.3 Å². The monoisotopic (exact) mass is 476 g/mol. The summed E-state index contributed by atoms with van der Waals surface area (Å²) in [7, 11) is -4.37. The minimum Gasteiger partial charge on any atom is -0.447 e. The zero-order chi connectivity index (χ0) is 24.0. The van der Waals surface area contributed by atoms with Crippen LogP contribution in [0, 0.1) is 12.5 Å². The van der Waals surface area contributed by atoms with Crippen LogP contribution in [0.3, 0.4) is 0 Å². The average molecular weight is 477 g/mol. The van der Waals surface area contributed by atoms with Gasteiger partial charge in [-0.05, 0) is 43.0 Å². The van der Waals surface area contributed by atoms with Gasteiger partial charge < -0.3 is 19.5 Å². The summed E-state index contributed by atoms with van der Waals surface area (Å²) >= 11 is 0. The smallest absolute Gasteiger partial charge is 0.328 e. The molecule has 0 radical (unpaired) electrons. The van der Waals surface area contributed by atoms with Crippen molar-refractivity contribution in [3.63, 3.8) is 0 Å². The van der Waals surface area contributed by atoms with Crippen LogP contribution in [0.5, 0.6) is 0 Å². The number of rotatable bonds is 11. The molecule has 3 N–H and O–H groups in total. The number of hydrogen-bond acceptors (Lipinski definition) is 6. The van der Waals surface area contributed by atoms with Crippen LogP contribution in [0.2, 0.25) is 0 Å². The van der Waals surface area contributed by atoms with Crippen LogP contribution >= 0.6 is 0 Å². The molecule has 2 aromatic rings. The summed E-state index contributed by atoms with van der Waals surface area (Å²) in [4.78, 5) is 8.18. The fraction of sp³-hybridized carbons (Fsp3) is 0.583. The SMILES string of the molecule is [C-]#[N+][C@@H]1C[C@@H](O)C(c2ccc(C(O)CCCCC)nc2)C1CCCc1ccc(S(=O)(=O)O)o1. The summed E-state index contributed by atoms with van der Waals surface area (Å²) in [6, 6.07) is 6.13. The number of aliphatic hydroxyl groups is 2. The van der Waals surface area contributed by atoms with Crippen LogP contribution in [0.25, 0.3) is 4.85 Å². The second-order valence-corrected chi connectivity index (χ2v) is 10.2. The Balaban J connectivity index is 1.66. The molecule has 1 fully saturated rings. The molecule has 2 heterocycles. The van der Waals surface area contributed by atoms with E-state index in [9.17, 15) is 18.6 Å². The number of aromatic nitrogens is 1. The first-order valence-corrected chi connectivity index (χ1v) is 12.9. The molecule has 0 aromatic carbocycles. The van der Waals surface area contributed by atoms with Crippen LogP contribution in [0.4, 0.5) is 0 Å². The summed E-state index contributed by atoms with van der Waals surface area (Å²) < 4.78 is 36.6. The van der Waals surface area contributed by atoms with Gasteiger partial charge in [0.15, 0.2) is 0 Å².